The van der Waals surface area contributed by atoms with Gasteiger partial charge in [0.05, 0.1) is 12.7 Å². The van der Waals surface area contributed by atoms with Gasteiger partial charge in [0, 0.05) is 47.5 Å². The van der Waals surface area contributed by atoms with Crippen molar-refractivity contribution in [2.75, 3.05) is 20.8 Å². The summed E-state index contributed by atoms with van der Waals surface area (Å²) in [5.41, 5.74) is 2.07. The fourth-order valence-electron chi connectivity index (χ4n) is 11.1. The van der Waals surface area contributed by atoms with Crippen LogP contribution in [-0.2, 0) is 16.6 Å². The number of aliphatic hydroxyl groups is 1. The van der Waals surface area contributed by atoms with Crippen LogP contribution in [0.1, 0.15) is 76.8 Å². The van der Waals surface area contributed by atoms with Crippen molar-refractivity contribution >= 4 is 0 Å². The Kier molecular flexibility index (Phi) is 3.86. The summed E-state index contributed by atoms with van der Waals surface area (Å²) >= 11 is 0. The van der Waals surface area contributed by atoms with E-state index in [2.05, 4.69) is 37.8 Å². The van der Waals surface area contributed by atoms with E-state index in [0.717, 1.165) is 43.1 Å². The van der Waals surface area contributed by atoms with E-state index in [9.17, 15) is 5.11 Å². The number of likely N-dealkylation sites (tertiary alicyclic amines) is 1. The van der Waals surface area contributed by atoms with Gasteiger partial charge in [0.2, 0.25) is 0 Å². The Hall–Kier alpha value is -1.30. The molecule has 3 spiro atoms. The number of nitrogens with zero attached hydrogens (tertiary/aromatic N) is 1. The molecular formula is C30H41NO4. The predicted octanol–water partition coefficient (Wildman–Crippen LogP) is 4.47. The third kappa shape index (κ3) is 2.19. The Morgan fingerprint density at radius 3 is 2.71 bits per heavy atom. The zero-order valence-electron chi connectivity index (χ0n) is 22.0. The number of piperidine rings is 1. The molecule has 190 valence electrons. The van der Waals surface area contributed by atoms with Crippen LogP contribution in [0, 0.1) is 23.2 Å². The van der Waals surface area contributed by atoms with Crippen LogP contribution in [0.3, 0.4) is 0 Å². The summed E-state index contributed by atoms with van der Waals surface area (Å²) in [4.78, 5) is 2.93. The number of ether oxygens (including phenoxy) is 3. The van der Waals surface area contributed by atoms with Crippen molar-refractivity contribution in [3.05, 3.63) is 23.3 Å². The lowest BCUT2D eigenvalue weighted by Gasteiger charge is -2.69. The molecule has 0 radical (unpaired) electrons. The van der Waals surface area contributed by atoms with E-state index < -0.39 is 11.2 Å². The predicted molar refractivity (Wildman–Crippen MR) is 133 cm³/mol. The second-order valence-corrected chi connectivity index (χ2v) is 14.1. The molecule has 5 saturated carbocycles. The molecule has 0 aromatic heterocycles. The van der Waals surface area contributed by atoms with Crippen LogP contribution in [0.25, 0.3) is 0 Å². The van der Waals surface area contributed by atoms with Gasteiger partial charge in [-0.2, -0.15) is 0 Å². The first kappa shape index (κ1) is 21.8. The van der Waals surface area contributed by atoms with Crippen LogP contribution < -0.4 is 9.47 Å². The molecule has 0 amide bonds. The molecule has 5 heteroatoms. The minimum absolute atomic E-state index is 0.0200. The lowest BCUT2D eigenvalue weighted by Crippen LogP contribution is -2.77. The smallest absolute Gasteiger partial charge is 0.165 e. The molecule has 1 saturated heterocycles. The molecule has 5 nitrogen and oxygen atoms in total. The molecule has 6 fully saturated rings. The van der Waals surface area contributed by atoms with Gasteiger partial charge in [-0.1, -0.05) is 19.9 Å². The van der Waals surface area contributed by atoms with Crippen molar-refractivity contribution in [2.24, 2.45) is 23.2 Å². The van der Waals surface area contributed by atoms with Crippen LogP contribution in [0.15, 0.2) is 12.1 Å². The third-order valence-electron chi connectivity index (χ3n) is 12.0. The molecule has 8 aliphatic rings. The highest BCUT2D eigenvalue weighted by Crippen LogP contribution is 2.86. The lowest BCUT2D eigenvalue weighted by molar-refractivity contribution is -0.279. The van der Waals surface area contributed by atoms with E-state index in [1.807, 2.05) is 7.11 Å². The first-order chi connectivity index (χ1) is 16.7. The first-order valence-electron chi connectivity index (χ1n) is 14.1. The van der Waals surface area contributed by atoms with E-state index in [-0.39, 0.29) is 28.4 Å². The lowest BCUT2D eigenvalue weighted by atomic mass is 9.39. The summed E-state index contributed by atoms with van der Waals surface area (Å²) in [5.74, 6) is 3.24. The summed E-state index contributed by atoms with van der Waals surface area (Å²) in [7, 11) is 3.65. The van der Waals surface area contributed by atoms with Crippen LogP contribution in [0.5, 0.6) is 11.5 Å². The molecule has 1 aromatic rings. The van der Waals surface area contributed by atoms with E-state index in [1.54, 1.807) is 7.11 Å². The van der Waals surface area contributed by atoms with Gasteiger partial charge in [-0.05, 0) is 81.8 Å². The topological polar surface area (TPSA) is 50.9 Å². The van der Waals surface area contributed by atoms with Gasteiger partial charge in [-0.15, -0.1) is 0 Å². The molecular weight excluding hydrogens is 438 g/mol. The van der Waals surface area contributed by atoms with Crippen LogP contribution in [0.4, 0.5) is 0 Å². The number of fused-ring (bicyclic) bond motifs is 2. The molecule has 4 bridgehead atoms. The molecule has 6 aliphatic carbocycles. The number of hydrogen-bond donors (Lipinski definition) is 1. The maximum absolute atomic E-state index is 12.1. The van der Waals surface area contributed by atoms with Crippen LogP contribution >= 0.6 is 0 Å². The van der Waals surface area contributed by atoms with Crippen LogP contribution in [-0.4, -0.2) is 59.7 Å². The zero-order valence-corrected chi connectivity index (χ0v) is 22.0. The van der Waals surface area contributed by atoms with E-state index in [1.165, 1.54) is 43.4 Å². The third-order valence-corrected chi connectivity index (χ3v) is 12.0. The zero-order chi connectivity index (χ0) is 24.2. The molecule has 9 rings (SSSR count). The second-order valence-electron chi connectivity index (χ2n) is 14.1. The Bertz CT molecular complexity index is 1130. The molecule has 9 atom stereocenters. The van der Waals surface area contributed by atoms with Gasteiger partial charge in [0.25, 0.3) is 0 Å². The van der Waals surface area contributed by atoms with E-state index in [0.29, 0.717) is 12.0 Å². The molecule has 2 heterocycles. The van der Waals surface area contributed by atoms with Crippen molar-refractivity contribution in [1.29, 1.82) is 0 Å². The molecule has 2 aliphatic heterocycles. The number of rotatable bonds is 7. The summed E-state index contributed by atoms with van der Waals surface area (Å²) in [6, 6.07) is 5.08. The minimum Gasteiger partial charge on any atom is -0.493 e. The number of methoxy groups -OCH3 is 2. The summed E-state index contributed by atoms with van der Waals surface area (Å²) < 4.78 is 19.6. The maximum atomic E-state index is 12.1. The van der Waals surface area contributed by atoms with Crippen LogP contribution in [0.2, 0.25) is 0 Å². The number of benzene rings is 1. The highest BCUT2D eigenvalue weighted by Gasteiger charge is 2.92. The van der Waals surface area contributed by atoms with E-state index >= 15 is 0 Å². The average Bonchev–Trinajstić information content (AvgIpc) is 3.68. The SMILES string of the molecule is COc1ccc2c3c1OC1C4(OC)CCC5(CC4C(C)(O)CC(C)C)C4[N@](CC6CC6)[C@]4(C2)C[C@]315. The van der Waals surface area contributed by atoms with Crippen molar-refractivity contribution in [3.63, 3.8) is 0 Å². The summed E-state index contributed by atoms with van der Waals surface area (Å²) in [6.45, 7) is 7.81. The average molecular weight is 480 g/mol. The van der Waals surface area contributed by atoms with Gasteiger partial charge in [-0.3, -0.25) is 4.90 Å². The standard InChI is InChI=1S/C30H41NO4/c1-17(2)12-26(3,32)21-14-27-10-11-30(21,34-5)25-29(27)16-28(24(27)31(28)15-18-6-7-18)13-19-8-9-20(33-4)23(35-25)22(19)29/h8-9,17-18,21,24-25,32H,6-7,10-16H2,1-5H3/t21?,24?,25?,26?,27?,28-,29+,30?,31+/m1/s1. The Labute approximate surface area is 209 Å². The van der Waals surface area contributed by atoms with Gasteiger partial charge < -0.3 is 19.3 Å². The van der Waals surface area contributed by atoms with Gasteiger partial charge in [0.15, 0.2) is 11.5 Å². The Morgan fingerprint density at radius 2 is 2.03 bits per heavy atom. The fourth-order valence-corrected chi connectivity index (χ4v) is 11.1. The van der Waals surface area contributed by atoms with Gasteiger partial charge in [0.1, 0.15) is 11.7 Å². The summed E-state index contributed by atoms with van der Waals surface area (Å²) in [6.07, 6.45) is 9.08. The Morgan fingerprint density at radius 1 is 1.23 bits per heavy atom. The van der Waals surface area contributed by atoms with Crippen molar-refractivity contribution in [2.45, 2.75) is 106 Å². The fraction of sp³-hybridized carbons (Fsp3) is 0.800. The molecule has 1 aromatic carbocycles. The highest BCUT2D eigenvalue weighted by molar-refractivity contribution is 5.67. The molecule has 1 N–H and O–H groups in total. The van der Waals surface area contributed by atoms with Gasteiger partial charge >= 0.3 is 0 Å². The molecule has 6 unspecified atom stereocenters. The van der Waals surface area contributed by atoms with E-state index in [4.69, 9.17) is 14.2 Å². The first-order valence-corrected chi connectivity index (χ1v) is 14.1. The van der Waals surface area contributed by atoms with Crippen molar-refractivity contribution in [3.8, 4) is 11.5 Å². The minimum atomic E-state index is -0.787. The normalized spacial score (nSPS) is 48.9. The van der Waals surface area contributed by atoms with Gasteiger partial charge in [-0.25, -0.2) is 0 Å². The highest BCUT2D eigenvalue weighted by atomic mass is 16.6. The van der Waals surface area contributed by atoms with Crippen molar-refractivity contribution in [1.82, 2.24) is 4.90 Å². The monoisotopic (exact) mass is 479 g/mol. The largest absolute Gasteiger partial charge is 0.493 e. The summed E-state index contributed by atoms with van der Waals surface area (Å²) in [5, 5.41) is 12.1. The van der Waals surface area contributed by atoms with Crippen molar-refractivity contribution < 1.29 is 19.3 Å². The Balaban J connectivity index is 1.36. The number of hydrogen-bond acceptors (Lipinski definition) is 5. The second kappa shape index (κ2) is 6.22. The molecule has 35 heavy (non-hydrogen) atoms. The maximum Gasteiger partial charge on any atom is 0.165 e. The quantitative estimate of drug-likeness (QED) is 0.585.